The third-order valence-electron chi connectivity index (χ3n) is 4.07. The third kappa shape index (κ3) is 2.85. The average molecular weight is 308 g/mol. The Hall–Kier alpha value is -1.69. The monoisotopic (exact) mass is 308 g/mol. The molecular weight excluding hydrogens is 288 g/mol. The number of nitrogens with one attached hydrogen (secondary N) is 1. The maximum Gasteiger partial charge on any atom is 0.329 e. The number of para-hydroxylation sites is 1. The summed E-state index contributed by atoms with van der Waals surface area (Å²) in [4.78, 5) is 26.5. The Kier molecular flexibility index (Phi) is 4.77. The maximum atomic E-state index is 12.5. The molecule has 1 heterocycles. The first-order valence-corrected chi connectivity index (χ1v) is 8.22. The van der Waals surface area contributed by atoms with E-state index in [2.05, 4.69) is 5.32 Å². The highest BCUT2D eigenvalue weighted by Crippen LogP contribution is 2.34. The van der Waals surface area contributed by atoms with Crippen molar-refractivity contribution in [3.05, 3.63) is 24.3 Å². The van der Waals surface area contributed by atoms with Gasteiger partial charge >= 0.3 is 12.0 Å². The summed E-state index contributed by atoms with van der Waals surface area (Å²) in [5.74, 6) is -0.921. The number of amides is 2. The zero-order valence-corrected chi connectivity index (χ0v) is 13.1. The quantitative estimate of drug-likeness (QED) is 0.838. The highest BCUT2D eigenvalue weighted by Gasteiger charge is 2.48. The maximum absolute atomic E-state index is 12.5. The van der Waals surface area contributed by atoms with Crippen LogP contribution in [0, 0.1) is 0 Å². The van der Waals surface area contributed by atoms with E-state index in [-0.39, 0.29) is 6.03 Å². The van der Waals surface area contributed by atoms with Gasteiger partial charge in [-0.05, 0) is 37.7 Å². The van der Waals surface area contributed by atoms with Gasteiger partial charge in [0.1, 0.15) is 5.54 Å². The first-order valence-electron chi connectivity index (χ1n) is 7.00. The summed E-state index contributed by atoms with van der Waals surface area (Å²) in [6.45, 7) is 2.29. The van der Waals surface area contributed by atoms with Gasteiger partial charge in [0.2, 0.25) is 0 Å². The number of hydrogen-bond acceptors (Lipinski definition) is 3. The van der Waals surface area contributed by atoms with Gasteiger partial charge in [0.05, 0.1) is 5.69 Å². The Bertz CT molecular complexity index is 549. The second-order valence-electron chi connectivity index (χ2n) is 5.08. The third-order valence-corrected chi connectivity index (χ3v) is 4.86. The topological polar surface area (TPSA) is 69.6 Å². The molecule has 1 aliphatic heterocycles. The van der Waals surface area contributed by atoms with Crippen LogP contribution in [0.1, 0.15) is 26.2 Å². The molecule has 5 nitrogen and oxygen atoms in total. The van der Waals surface area contributed by atoms with Gasteiger partial charge in [0, 0.05) is 11.4 Å². The van der Waals surface area contributed by atoms with E-state index in [0.29, 0.717) is 19.4 Å². The highest BCUT2D eigenvalue weighted by molar-refractivity contribution is 7.98. The number of carboxylic acid groups (broad SMARTS) is 1. The summed E-state index contributed by atoms with van der Waals surface area (Å²) >= 11 is 1.54. The van der Waals surface area contributed by atoms with Crippen LogP contribution < -0.4 is 5.32 Å². The molecule has 0 saturated carbocycles. The molecule has 1 unspecified atom stereocenters. The number of aliphatic carboxylic acids is 1. The van der Waals surface area contributed by atoms with Crippen molar-refractivity contribution in [3.8, 4) is 0 Å². The Balaban J connectivity index is 2.22. The molecule has 21 heavy (non-hydrogen) atoms. The van der Waals surface area contributed by atoms with E-state index >= 15 is 0 Å². The Morgan fingerprint density at radius 1 is 1.43 bits per heavy atom. The van der Waals surface area contributed by atoms with Gasteiger partial charge < -0.3 is 15.3 Å². The van der Waals surface area contributed by atoms with Crippen LogP contribution in [0.3, 0.4) is 0 Å². The van der Waals surface area contributed by atoms with E-state index in [0.717, 1.165) is 17.0 Å². The first-order chi connectivity index (χ1) is 10.0. The van der Waals surface area contributed by atoms with Crippen molar-refractivity contribution in [1.29, 1.82) is 0 Å². The Morgan fingerprint density at radius 2 is 2.14 bits per heavy atom. The van der Waals surface area contributed by atoms with Crippen molar-refractivity contribution in [2.45, 2.75) is 36.6 Å². The van der Waals surface area contributed by atoms with Gasteiger partial charge in [-0.1, -0.05) is 19.1 Å². The molecule has 1 atom stereocenters. The first kappa shape index (κ1) is 15.7. The van der Waals surface area contributed by atoms with E-state index in [4.69, 9.17) is 0 Å². The lowest BCUT2D eigenvalue weighted by Gasteiger charge is -2.33. The Morgan fingerprint density at radius 3 is 2.76 bits per heavy atom. The zero-order valence-electron chi connectivity index (χ0n) is 12.3. The fraction of sp³-hybridized carbons (Fsp3) is 0.467. The Labute approximate surface area is 128 Å². The molecule has 0 spiro atoms. The minimum atomic E-state index is -1.07. The van der Waals surface area contributed by atoms with Crippen molar-refractivity contribution < 1.29 is 14.7 Å². The number of likely N-dealkylation sites (tertiary alicyclic amines) is 1. The van der Waals surface area contributed by atoms with Crippen LogP contribution in [-0.4, -0.2) is 40.3 Å². The summed E-state index contributed by atoms with van der Waals surface area (Å²) in [6, 6.07) is 7.18. The lowest BCUT2D eigenvalue weighted by atomic mass is 9.93. The molecule has 1 aliphatic rings. The van der Waals surface area contributed by atoms with Crippen molar-refractivity contribution >= 4 is 29.4 Å². The number of benzene rings is 1. The van der Waals surface area contributed by atoms with Crippen molar-refractivity contribution in [2.75, 3.05) is 18.1 Å². The SMILES string of the molecule is CCC1(C(=O)O)CCCN1C(=O)Nc1ccccc1SC. The van der Waals surface area contributed by atoms with E-state index < -0.39 is 11.5 Å². The minimum Gasteiger partial charge on any atom is -0.479 e. The number of nitrogens with zero attached hydrogens (tertiary/aromatic N) is 1. The molecule has 6 heteroatoms. The predicted octanol–water partition coefficient (Wildman–Crippen LogP) is 3.27. The second-order valence-corrected chi connectivity index (χ2v) is 5.92. The van der Waals surface area contributed by atoms with Crippen molar-refractivity contribution in [1.82, 2.24) is 4.90 Å². The fourth-order valence-electron chi connectivity index (χ4n) is 2.85. The lowest BCUT2D eigenvalue weighted by Crippen LogP contribution is -2.54. The highest BCUT2D eigenvalue weighted by atomic mass is 32.2. The van der Waals surface area contributed by atoms with E-state index in [9.17, 15) is 14.7 Å². The van der Waals surface area contributed by atoms with Gasteiger partial charge in [-0.3, -0.25) is 0 Å². The summed E-state index contributed by atoms with van der Waals surface area (Å²) in [5, 5.41) is 12.4. The van der Waals surface area contributed by atoms with Gasteiger partial charge in [-0.25, -0.2) is 9.59 Å². The van der Waals surface area contributed by atoms with Crippen molar-refractivity contribution in [2.24, 2.45) is 0 Å². The smallest absolute Gasteiger partial charge is 0.329 e. The van der Waals surface area contributed by atoms with Gasteiger partial charge in [-0.15, -0.1) is 11.8 Å². The predicted molar refractivity (Wildman–Crippen MR) is 83.8 cm³/mol. The standard InChI is InChI=1S/C15H20N2O3S/c1-3-15(13(18)19)9-6-10-17(15)14(20)16-11-7-4-5-8-12(11)21-2/h4-5,7-8H,3,6,9-10H2,1-2H3,(H,16,20)(H,18,19). The van der Waals surface area contributed by atoms with Gasteiger partial charge in [0.25, 0.3) is 0 Å². The molecule has 0 aliphatic carbocycles. The summed E-state index contributed by atoms with van der Waals surface area (Å²) < 4.78 is 0. The summed E-state index contributed by atoms with van der Waals surface area (Å²) in [6.07, 6.45) is 3.59. The molecule has 1 aromatic carbocycles. The number of carbonyl (C=O) groups is 2. The molecule has 1 saturated heterocycles. The lowest BCUT2D eigenvalue weighted by molar-refractivity contribution is -0.148. The number of carbonyl (C=O) groups excluding carboxylic acids is 1. The number of rotatable bonds is 4. The summed E-state index contributed by atoms with van der Waals surface area (Å²) in [5.41, 5.74) is -0.351. The molecule has 1 aromatic rings. The van der Waals surface area contributed by atoms with E-state index in [1.54, 1.807) is 11.8 Å². The number of urea groups is 1. The van der Waals surface area contributed by atoms with Crippen LogP contribution in [0.2, 0.25) is 0 Å². The number of anilines is 1. The molecule has 2 amide bonds. The molecular formula is C15H20N2O3S. The number of hydrogen-bond donors (Lipinski definition) is 2. The zero-order chi connectivity index (χ0) is 15.5. The number of carboxylic acids is 1. The van der Waals surface area contributed by atoms with Crippen LogP contribution in [0.5, 0.6) is 0 Å². The average Bonchev–Trinajstić information content (AvgIpc) is 2.93. The molecule has 0 bridgehead atoms. The van der Waals surface area contributed by atoms with Crippen LogP contribution in [0.15, 0.2) is 29.2 Å². The van der Waals surface area contributed by atoms with Crippen LogP contribution >= 0.6 is 11.8 Å². The molecule has 1 fully saturated rings. The molecule has 2 N–H and O–H groups in total. The van der Waals surface area contributed by atoms with E-state index in [1.807, 2.05) is 37.4 Å². The molecule has 0 aromatic heterocycles. The van der Waals surface area contributed by atoms with Crippen LogP contribution in [-0.2, 0) is 4.79 Å². The van der Waals surface area contributed by atoms with Crippen LogP contribution in [0.25, 0.3) is 0 Å². The second kappa shape index (κ2) is 6.39. The molecule has 2 rings (SSSR count). The summed E-state index contributed by atoms with van der Waals surface area (Å²) in [7, 11) is 0. The number of thioether (sulfide) groups is 1. The van der Waals surface area contributed by atoms with E-state index in [1.165, 1.54) is 4.90 Å². The fourth-order valence-corrected chi connectivity index (χ4v) is 3.40. The largest absolute Gasteiger partial charge is 0.479 e. The normalized spacial score (nSPS) is 21.3. The van der Waals surface area contributed by atoms with Gasteiger partial charge in [-0.2, -0.15) is 0 Å². The van der Waals surface area contributed by atoms with Crippen LogP contribution in [0.4, 0.5) is 10.5 Å². The minimum absolute atomic E-state index is 0.335. The molecule has 0 radical (unpaired) electrons. The van der Waals surface area contributed by atoms with Crippen molar-refractivity contribution in [3.63, 3.8) is 0 Å². The molecule has 114 valence electrons. The van der Waals surface area contributed by atoms with Gasteiger partial charge in [0.15, 0.2) is 0 Å².